The molecule has 0 rings (SSSR count). The van der Waals surface area contributed by atoms with Crippen LogP contribution in [0, 0.1) is 0 Å². The van der Waals surface area contributed by atoms with E-state index in [0.717, 1.165) is 12.5 Å². The second-order valence-electron chi connectivity index (χ2n) is 7.31. The van der Waals surface area contributed by atoms with Gasteiger partial charge in [-0.05, 0) is 57.8 Å². The Morgan fingerprint density at radius 3 is 1.81 bits per heavy atom. The Hall–Kier alpha value is 0.491. The van der Waals surface area contributed by atoms with Crippen molar-refractivity contribution in [2.24, 2.45) is 0 Å². The average Bonchev–Trinajstić information content (AvgIpc) is 2.24. The van der Waals surface area contributed by atoms with Crippen LogP contribution in [0.4, 0.5) is 0 Å². The zero-order chi connectivity index (χ0) is 16.6. The highest BCUT2D eigenvalue weighted by Gasteiger charge is 2.38. The van der Waals surface area contributed by atoms with Crippen molar-refractivity contribution < 1.29 is 18.1 Å². The molecule has 0 aromatic carbocycles. The van der Waals surface area contributed by atoms with Crippen LogP contribution in [0.5, 0.6) is 0 Å². The summed E-state index contributed by atoms with van der Waals surface area (Å²) < 4.78 is 18.3. The van der Waals surface area contributed by atoms with E-state index < -0.39 is 25.2 Å². The van der Waals surface area contributed by atoms with Crippen LogP contribution < -0.4 is 0 Å². The first kappa shape index (κ1) is 21.5. The number of ether oxygens (including phenoxy) is 1. The fraction of sp³-hybridized carbons (Fsp3) is 1.00. The molecule has 7 heteroatoms. The van der Waals surface area contributed by atoms with Crippen molar-refractivity contribution in [1.82, 2.24) is 0 Å². The maximum Gasteiger partial charge on any atom is 0.311 e. The summed E-state index contributed by atoms with van der Waals surface area (Å²) in [6.07, 6.45) is 2.19. The maximum absolute atomic E-state index is 8.68. The average molecular weight is 353 g/mol. The van der Waals surface area contributed by atoms with Gasteiger partial charge in [-0.3, -0.25) is 0 Å². The van der Waals surface area contributed by atoms with Gasteiger partial charge in [0.2, 0.25) is 0 Å². The lowest BCUT2D eigenvalue weighted by Crippen LogP contribution is -2.52. The third-order valence-electron chi connectivity index (χ3n) is 3.20. The molecular weight excluding hydrogens is 316 g/mol. The van der Waals surface area contributed by atoms with E-state index in [1.165, 1.54) is 12.5 Å². The first-order valence-electron chi connectivity index (χ1n) is 8.12. The molecular formula is C14H36O4Si3. The molecule has 128 valence electrons. The van der Waals surface area contributed by atoms with Crippen molar-refractivity contribution >= 4 is 25.2 Å². The number of hydrogen-bond donors (Lipinski definition) is 1. The van der Waals surface area contributed by atoms with E-state index in [1.54, 1.807) is 0 Å². The number of rotatable bonds is 12. The van der Waals surface area contributed by atoms with Gasteiger partial charge in [0.25, 0.3) is 0 Å². The molecule has 0 aromatic heterocycles. The molecule has 21 heavy (non-hydrogen) atoms. The van der Waals surface area contributed by atoms with Crippen molar-refractivity contribution in [3.63, 3.8) is 0 Å². The van der Waals surface area contributed by atoms with Gasteiger partial charge in [-0.2, -0.15) is 0 Å². The Balaban J connectivity index is 4.27. The van der Waals surface area contributed by atoms with Gasteiger partial charge in [0.05, 0.1) is 13.2 Å². The smallest absolute Gasteiger partial charge is 0.311 e. The van der Waals surface area contributed by atoms with Gasteiger partial charge in [-0.25, -0.2) is 0 Å². The van der Waals surface area contributed by atoms with Crippen molar-refractivity contribution in [2.75, 3.05) is 19.8 Å². The normalized spacial score (nSPS) is 13.7. The SMILES string of the molecule is CCC[Si](C)(C)O[Si](C)(C)O[Si](C)(C)CCCOCCO. The fourth-order valence-corrected chi connectivity index (χ4v) is 17.0. The van der Waals surface area contributed by atoms with Crippen LogP contribution in [0.25, 0.3) is 0 Å². The molecule has 0 aromatic rings. The van der Waals surface area contributed by atoms with E-state index in [2.05, 4.69) is 46.2 Å². The van der Waals surface area contributed by atoms with Gasteiger partial charge in [-0.1, -0.05) is 13.3 Å². The lowest BCUT2D eigenvalue weighted by molar-refractivity contribution is 0.0923. The molecule has 0 saturated heterocycles. The molecule has 0 atom stereocenters. The number of hydrogen-bond acceptors (Lipinski definition) is 4. The Bertz CT molecular complexity index is 283. The Kier molecular flexibility index (Phi) is 9.81. The van der Waals surface area contributed by atoms with Crippen LogP contribution in [-0.2, 0) is 13.0 Å². The first-order chi connectivity index (χ1) is 9.54. The summed E-state index contributed by atoms with van der Waals surface area (Å²) in [6.45, 7) is 17.0. The molecule has 0 bridgehead atoms. The second kappa shape index (κ2) is 9.59. The summed E-state index contributed by atoms with van der Waals surface area (Å²) in [4.78, 5) is 0. The van der Waals surface area contributed by atoms with E-state index >= 15 is 0 Å². The predicted octanol–water partition coefficient (Wildman–Crippen LogP) is 3.94. The van der Waals surface area contributed by atoms with Crippen molar-refractivity contribution in [2.45, 2.75) is 71.1 Å². The quantitative estimate of drug-likeness (QED) is 0.427. The number of aliphatic hydroxyl groups is 1. The van der Waals surface area contributed by atoms with Gasteiger partial charge in [0, 0.05) is 6.61 Å². The summed E-state index contributed by atoms with van der Waals surface area (Å²) >= 11 is 0. The van der Waals surface area contributed by atoms with Crippen LogP contribution in [0.2, 0.25) is 51.4 Å². The highest BCUT2D eigenvalue weighted by atomic mass is 28.5. The van der Waals surface area contributed by atoms with Gasteiger partial charge < -0.3 is 18.1 Å². The van der Waals surface area contributed by atoms with Crippen molar-refractivity contribution in [3.05, 3.63) is 0 Å². The third-order valence-corrected chi connectivity index (χ3v) is 14.8. The van der Waals surface area contributed by atoms with Crippen molar-refractivity contribution in [3.8, 4) is 0 Å². The first-order valence-corrected chi connectivity index (χ1v) is 17.2. The van der Waals surface area contributed by atoms with Crippen molar-refractivity contribution in [1.29, 1.82) is 0 Å². The molecule has 0 saturated carbocycles. The molecule has 0 unspecified atom stereocenters. The largest absolute Gasteiger partial charge is 0.437 e. The van der Waals surface area contributed by atoms with Crippen LogP contribution in [0.1, 0.15) is 19.8 Å². The van der Waals surface area contributed by atoms with E-state index in [-0.39, 0.29) is 6.61 Å². The molecule has 0 heterocycles. The molecule has 0 spiro atoms. The molecule has 0 aliphatic rings. The minimum absolute atomic E-state index is 0.0994. The van der Waals surface area contributed by atoms with E-state index in [4.69, 9.17) is 18.1 Å². The van der Waals surface area contributed by atoms with E-state index in [9.17, 15) is 0 Å². The topological polar surface area (TPSA) is 47.9 Å². The fourth-order valence-electron chi connectivity index (χ4n) is 2.82. The van der Waals surface area contributed by atoms with Crippen LogP contribution in [0.3, 0.4) is 0 Å². The monoisotopic (exact) mass is 352 g/mol. The third kappa shape index (κ3) is 11.7. The summed E-state index contributed by atoms with van der Waals surface area (Å²) in [6, 6.07) is 2.28. The Morgan fingerprint density at radius 2 is 1.33 bits per heavy atom. The zero-order valence-electron chi connectivity index (χ0n) is 15.1. The highest BCUT2D eigenvalue weighted by Crippen LogP contribution is 2.25. The van der Waals surface area contributed by atoms with Gasteiger partial charge in [-0.15, -0.1) is 0 Å². The minimum atomic E-state index is -2.04. The Labute approximate surface area is 134 Å². The zero-order valence-corrected chi connectivity index (χ0v) is 18.1. The molecule has 0 aliphatic heterocycles. The highest BCUT2D eigenvalue weighted by molar-refractivity contribution is 6.87. The van der Waals surface area contributed by atoms with E-state index in [1.807, 2.05) is 0 Å². The predicted molar refractivity (Wildman–Crippen MR) is 97.0 cm³/mol. The lowest BCUT2D eigenvalue weighted by atomic mass is 10.5. The van der Waals surface area contributed by atoms with E-state index in [0.29, 0.717) is 13.2 Å². The number of aliphatic hydroxyl groups excluding tert-OH is 1. The standard InChI is InChI=1S/C14H36O4Si3/c1-8-13-19(2,3)17-21(6,7)18-20(4,5)14-9-11-16-12-10-15/h15H,8-14H2,1-7H3. The van der Waals surface area contributed by atoms with Gasteiger partial charge in [0.15, 0.2) is 16.6 Å². The van der Waals surface area contributed by atoms with Crippen LogP contribution in [-0.4, -0.2) is 50.1 Å². The molecule has 0 fully saturated rings. The summed E-state index contributed by atoms with van der Waals surface area (Å²) in [5.74, 6) is 0. The van der Waals surface area contributed by atoms with Gasteiger partial charge >= 0.3 is 8.56 Å². The molecule has 0 amide bonds. The molecule has 1 N–H and O–H groups in total. The minimum Gasteiger partial charge on any atom is -0.437 e. The summed E-state index contributed by atoms with van der Waals surface area (Å²) in [5.41, 5.74) is 0. The summed E-state index contributed by atoms with van der Waals surface area (Å²) in [7, 11) is -5.33. The summed E-state index contributed by atoms with van der Waals surface area (Å²) in [5, 5.41) is 8.68. The van der Waals surface area contributed by atoms with Gasteiger partial charge in [0.1, 0.15) is 0 Å². The van der Waals surface area contributed by atoms with Crippen LogP contribution >= 0.6 is 0 Å². The Morgan fingerprint density at radius 1 is 0.810 bits per heavy atom. The molecule has 4 nitrogen and oxygen atoms in total. The second-order valence-corrected chi connectivity index (χ2v) is 19.8. The lowest BCUT2D eigenvalue weighted by Gasteiger charge is -2.38. The maximum atomic E-state index is 8.68. The molecule has 0 aliphatic carbocycles. The van der Waals surface area contributed by atoms with Crippen LogP contribution in [0.15, 0.2) is 0 Å². The molecule has 0 radical (unpaired) electrons.